The Bertz CT molecular complexity index is 184. The maximum Gasteiger partial charge on any atom is -0.0174 e. The van der Waals surface area contributed by atoms with Crippen molar-refractivity contribution in [3.63, 3.8) is 0 Å². The first-order chi connectivity index (χ1) is 5.36. The second-order valence-electron chi connectivity index (χ2n) is 4.70. The second-order valence-corrected chi connectivity index (χ2v) is 4.70. The van der Waals surface area contributed by atoms with Crippen LogP contribution in [0.3, 0.4) is 0 Å². The van der Waals surface area contributed by atoms with Gasteiger partial charge in [-0.3, -0.25) is 0 Å². The van der Waals surface area contributed by atoms with E-state index in [0.717, 1.165) is 23.7 Å². The summed E-state index contributed by atoms with van der Waals surface area (Å²) in [6.45, 7) is 4.28. The van der Waals surface area contributed by atoms with Crippen molar-refractivity contribution in [2.45, 2.75) is 32.1 Å². The predicted molar refractivity (Wildman–Crippen MR) is 46.2 cm³/mol. The summed E-state index contributed by atoms with van der Waals surface area (Å²) in [5.74, 6) is 4.04. The Morgan fingerprint density at radius 2 is 1.45 bits per heavy atom. The highest BCUT2D eigenvalue weighted by atomic mass is 14.5. The molecule has 0 amide bonds. The number of hydrogen-bond donors (Lipinski definition) is 0. The number of hydrogen-bond acceptors (Lipinski definition) is 0. The van der Waals surface area contributed by atoms with Gasteiger partial charge in [0.25, 0.3) is 0 Å². The van der Waals surface area contributed by atoms with Gasteiger partial charge in [0.05, 0.1) is 0 Å². The summed E-state index contributed by atoms with van der Waals surface area (Å²) in [6.07, 6.45) is 7.54. The third-order valence-electron chi connectivity index (χ3n) is 4.39. The first-order valence-corrected chi connectivity index (χ1v) is 5.05. The maximum absolute atomic E-state index is 4.28. The molecule has 4 unspecified atom stereocenters. The molecule has 0 aromatic rings. The molecular weight excluding hydrogens is 132 g/mol. The van der Waals surface area contributed by atoms with Crippen molar-refractivity contribution in [2.24, 2.45) is 23.7 Å². The minimum atomic E-state index is 0.957. The normalized spacial score (nSPS) is 53.6. The van der Waals surface area contributed by atoms with E-state index in [1.807, 2.05) is 0 Å². The third kappa shape index (κ3) is 0.660. The van der Waals surface area contributed by atoms with Crippen LogP contribution in [0.15, 0.2) is 12.2 Å². The summed E-state index contributed by atoms with van der Waals surface area (Å²) in [5.41, 5.74) is 1.64. The van der Waals surface area contributed by atoms with Gasteiger partial charge in [-0.1, -0.05) is 12.2 Å². The smallest absolute Gasteiger partial charge is 0.0174 e. The van der Waals surface area contributed by atoms with Crippen molar-refractivity contribution in [2.75, 3.05) is 0 Å². The van der Waals surface area contributed by atoms with E-state index in [-0.39, 0.29) is 0 Å². The van der Waals surface area contributed by atoms with Crippen LogP contribution >= 0.6 is 0 Å². The standard InChI is InChI=1S/C11H16/c1-7-10-4-5-11(7)9-3-2-8(10)6-9/h8-11H,1-6H2. The Kier molecular flexibility index (Phi) is 1.09. The molecule has 0 aliphatic heterocycles. The van der Waals surface area contributed by atoms with Gasteiger partial charge in [0.15, 0.2) is 0 Å². The van der Waals surface area contributed by atoms with Crippen LogP contribution in [-0.4, -0.2) is 0 Å². The highest BCUT2D eigenvalue weighted by Crippen LogP contribution is 2.58. The van der Waals surface area contributed by atoms with Crippen LogP contribution in [0.2, 0.25) is 0 Å². The van der Waals surface area contributed by atoms with Gasteiger partial charge < -0.3 is 0 Å². The molecule has 3 aliphatic carbocycles. The Labute approximate surface area is 68.7 Å². The Balaban J connectivity index is 2.03. The lowest BCUT2D eigenvalue weighted by Gasteiger charge is -2.28. The molecule has 3 fully saturated rings. The zero-order valence-electron chi connectivity index (χ0n) is 7.05. The van der Waals surface area contributed by atoms with E-state index in [2.05, 4.69) is 6.58 Å². The van der Waals surface area contributed by atoms with E-state index in [0.29, 0.717) is 0 Å². The Morgan fingerprint density at radius 1 is 0.909 bits per heavy atom. The zero-order valence-corrected chi connectivity index (χ0v) is 7.05. The highest BCUT2D eigenvalue weighted by molar-refractivity contribution is 5.19. The van der Waals surface area contributed by atoms with Crippen LogP contribution in [0.4, 0.5) is 0 Å². The van der Waals surface area contributed by atoms with Crippen molar-refractivity contribution < 1.29 is 0 Å². The molecule has 60 valence electrons. The molecule has 0 nitrogen and oxygen atoms in total. The van der Waals surface area contributed by atoms with Gasteiger partial charge in [0.1, 0.15) is 0 Å². The number of rotatable bonds is 0. The molecule has 0 aromatic carbocycles. The first-order valence-electron chi connectivity index (χ1n) is 5.05. The van der Waals surface area contributed by atoms with E-state index >= 15 is 0 Å². The molecule has 3 rings (SSSR count). The van der Waals surface area contributed by atoms with Gasteiger partial charge in [-0.15, -0.1) is 0 Å². The monoisotopic (exact) mass is 148 g/mol. The van der Waals surface area contributed by atoms with Crippen molar-refractivity contribution in [1.29, 1.82) is 0 Å². The van der Waals surface area contributed by atoms with Crippen molar-refractivity contribution in [3.8, 4) is 0 Å². The van der Waals surface area contributed by atoms with Crippen LogP contribution < -0.4 is 0 Å². The summed E-state index contributed by atoms with van der Waals surface area (Å²) in [5, 5.41) is 0. The highest BCUT2D eigenvalue weighted by Gasteiger charge is 2.47. The average molecular weight is 148 g/mol. The summed E-state index contributed by atoms with van der Waals surface area (Å²) >= 11 is 0. The lowest BCUT2D eigenvalue weighted by molar-refractivity contribution is 0.323. The Hall–Kier alpha value is -0.260. The van der Waals surface area contributed by atoms with Crippen LogP contribution in [0, 0.1) is 23.7 Å². The molecule has 0 heteroatoms. The number of allylic oxidation sites excluding steroid dienone is 1. The summed E-state index contributed by atoms with van der Waals surface area (Å²) < 4.78 is 0. The van der Waals surface area contributed by atoms with E-state index in [1.165, 1.54) is 25.7 Å². The number of fused-ring (bicyclic) bond motifs is 6. The second kappa shape index (κ2) is 1.91. The quantitative estimate of drug-likeness (QED) is 0.463. The lowest BCUT2D eigenvalue weighted by Crippen LogP contribution is -2.19. The van der Waals surface area contributed by atoms with Gasteiger partial charge in [-0.2, -0.15) is 0 Å². The third-order valence-corrected chi connectivity index (χ3v) is 4.39. The molecule has 3 aliphatic rings. The van der Waals surface area contributed by atoms with Crippen LogP contribution in [0.5, 0.6) is 0 Å². The summed E-state index contributed by atoms with van der Waals surface area (Å²) in [7, 11) is 0. The minimum absolute atomic E-state index is 0.957. The van der Waals surface area contributed by atoms with Gasteiger partial charge in [0.2, 0.25) is 0 Å². The fourth-order valence-electron chi connectivity index (χ4n) is 3.87. The van der Waals surface area contributed by atoms with Crippen LogP contribution in [0.1, 0.15) is 32.1 Å². The predicted octanol–water partition coefficient (Wildman–Crippen LogP) is 3.00. The topological polar surface area (TPSA) is 0 Å². The molecule has 3 saturated carbocycles. The molecule has 0 spiro atoms. The van der Waals surface area contributed by atoms with Gasteiger partial charge in [-0.25, -0.2) is 0 Å². The zero-order chi connectivity index (χ0) is 7.42. The van der Waals surface area contributed by atoms with E-state index < -0.39 is 0 Å². The average Bonchev–Trinajstić information content (AvgIpc) is 2.42. The maximum atomic E-state index is 4.28. The van der Waals surface area contributed by atoms with Crippen LogP contribution in [0.25, 0.3) is 0 Å². The lowest BCUT2D eigenvalue weighted by atomic mass is 9.76. The van der Waals surface area contributed by atoms with Gasteiger partial charge >= 0.3 is 0 Å². The van der Waals surface area contributed by atoms with E-state index in [9.17, 15) is 0 Å². The fraction of sp³-hybridized carbons (Fsp3) is 0.818. The molecule has 0 saturated heterocycles. The summed E-state index contributed by atoms with van der Waals surface area (Å²) in [4.78, 5) is 0. The molecule has 0 radical (unpaired) electrons. The minimum Gasteiger partial charge on any atom is -0.0993 e. The van der Waals surface area contributed by atoms with Gasteiger partial charge in [-0.05, 0) is 55.8 Å². The Morgan fingerprint density at radius 3 is 2.00 bits per heavy atom. The van der Waals surface area contributed by atoms with Crippen molar-refractivity contribution in [3.05, 3.63) is 12.2 Å². The summed E-state index contributed by atoms with van der Waals surface area (Å²) in [6, 6.07) is 0. The molecule has 11 heavy (non-hydrogen) atoms. The van der Waals surface area contributed by atoms with Crippen molar-refractivity contribution in [1.82, 2.24) is 0 Å². The van der Waals surface area contributed by atoms with Gasteiger partial charge in [0, 0.05) is 0 Å². The SMILES string of the molecule is C=C1C2CCC1C1CCC2C1. The molecular formula is C11H16. The molecule has 0 N–H and O–H groups in total. The molecule has 4 atom stereocenters. The van der Waals surface area contributed by atoms with E-state index in [1.54, 1.807) is 12.0 Å². The van der Waals surface area contributed by atoms with Crippen molar-refractivity contribution >= 4 is 0 Å². The fourth-order valence-corrected chi connectivity index (χ4v) is 3.87. The molecule has 4 bridgehead atoms. The molecule has 0 heterocycles. The molecule has 0 aromatic heterocycles. The first kappa shape index (κ1) is 6.28. The van der Waals surface area contributed by atoms with E-state index in [4.69, 9.17) is 0 Å². The largest absolute Gasteiger partial charge is 0.0993 e. The van der Waals surface area contributed by atoms with Crippen LogP contribution in [-0.2, 0) is 0 Å².